The molecule has 63 heavy (non-hydrogen) atoms. The van der Waals surface area contributed by atoms with Gasteiger partial charge < -0.3 is 13.7 Å². The van der Waals surface area contributed by atoms with Gasteiger partial charge >= 0.3 is 0 Å². The van der Waals surface area contributed by atoms with E-state index in [-0.39, 0.29) is 0 Å². The summed E-state index contributed by atoms with van der Waals surface area (Å²) >= 11 is 0. The number of hydrogen-bond donors (Lipinski definition) is 0. The highest BCUT2D eigenvalue weighted by Crippen LogP contribution is 2.44. The highest BCUT2D eigenvalue weighted by atomic mass is 15.0. The number of benzene rings is 10. The van der Waals surface area contributed by atoms with Gasteiger partial charge in [0.15, 0.2) is 0 Å². The molecule has 13 aromatic rings. The van der Waals surface area contributed by atoms with Gasteiger partial charge in [-0.05, 0) is 119 Å². The van der Waals surface area contributed by atoms with Crippen LogP contribution in [0.2, 0.25) is 0 Å². The molecule has 3 nitrogen and oxygen atoms in total. The largest absolute Gasteiger partial charge is 0.309 e. The van der Waals surface area contributed by atoms with Gasteiger partial charge in [0.1, 0.15) is 0 Å². The van der Waals surface area contributed by atoms with Crippen molar-refractivity contribution in [3.8, 4) is 50.4 Å². The molecule has 0 radical (unpaired) electrons. The number of hydrogen-bond acceptors (Lipinski definition) is 0. The Balaban J connectivity index is 1.11. The Bertz CT molecular complexity index is 3890. The molecule has 294 valence electrons. The van der Waals surface area contributed by atoms with E-state index in [1.165, 1.54) is 98.8 Å². The quantitative estimate of drug-likeness (QED) is 0.159. The van der Waals surface area contributed by atoms with E-state index in [0.29, 0.717) is 0 Å². The van der Waals surface area contributed by atoms with E-state index in [9.17, 15) is 0 Å². The number of nitrogens with zero attached hydrogens (tertiary/aromatic N) is 3. The van der Waals surface area contributed by atoms with Gasteiger partial charge in [-0.25, -0.2) is 0 Å². The van der Waals surface area contributed by atoms with Crippen molar-refractivity contribution in [2.75, 3.05) is 0 Å². The molecule has 0 aliphatic carbocycles. The Kier molecular flexibility index (Phi) is 7.91. The summed E-state index contributed by atoms with van der Waals surface area (Å²) in [5, 5.41) is 7.40. The van der Waals surface area contributed by atoms with Crippen LogP contribution in [0.3, 0.4) is 0 Å². The van der Waals surface area contributed by atoms with E-state index < -0.39 is 0 Å². The van der Waals surface area contributed by atoms with Crippen molar-refractivity contribution < 1.29 is 0 Å². The Morgan fingerprint density at radius 1 is 0.206 bits per heavy atom. The van der Waals surface area contributed by atoms with E-state index in [1.807, 2.05) is 0 Å². The minimum atomic E-state index is 1.13. The maximum atomic E-state index is 2.49. The van der Waals surface area contributed by atoms with Crippen molar-refractivity contribution in [3.05, 3.63) is 237 Å². The summed E-state index contributed by atoms with van der Waals surface area (Å²) in [6, 6.07) is 86.6. The van der Waals surface area contributed by atoms with Crippen LogP contribution < -0.4 is 0 Å². The first-order valence-corrected chi connectivity index (χ1v) is 21.7. The smallest absolute Gasteiger partial charge is 0.0619 e. The average Bonchev–Trinajstić information content (AvgIpc) is 4.00. The molecule has 0 amide bonds. The molecule has 0 spiro atoms. The standard InChI is InChI=1S/C60H39N3/c1-4-17-40(18-5-1)41-19-16-24-47(35-41)63-57-30-15-12-27-50(57)54-39-44(42-31-33-58-52(36-42)48-25-10-13-28-55(48)61(58)45-20-6-2-7-21-45)38-51(60(54)63)43-32-34-59-53(37-43)49-26-11-14-29-56(49)62(59)46-22-8-3-9-23-46/h1-39H. The molecule has 3 aromatic heterocycles. The molecular weight excluding hydrogens is 763 g/mol. The summed E-state index contributed by atoms with van der Waals surface area (Å²) < 4.78 is 7.28. The summed E-state index contributed by atoms with van der Waals surface area (Å²) in [6.07, 6.45) is 0. The van der Waals surface area contributed by atoms with Gasteiger partial charge in [-0.1, -0.05) is 146 Å². The molecular formula is C60H39N3. The molecule has 3 heterocycles. The minimum absolute atomic E-state index is 1.13. The summed E-state index contributed by atoms with van der Waals surface area (Å²) in [4.78, 5) is 0. The molecule has 10 aromatic carbocycles. The molecule has 0 bridgehead atoms. The molecule has 0 fully saturated rings. The van der Waals surface area contributed by atoms with Crippen LogP contribution in [0.15, 0.2) is 237 Å². The van der Waals surface area contributed by atoms with Gasteiger partial charge in [0.2, 0.25) is 0 Å². The summed E-state index contributed by atoms with van der Waals surface area (Å²) in [5.41, 5.74) is 17.7. The van der Waals surface area contributed by atoms with Gasteiger partial charge in [0, 0.05) is 54.9 Å². The highest BCUT2D eigenvalue weighted by molar-refractivity contribution is 6.17. The highest BCUT2D eigenvalue weighted by Gasteiger charge is 2.21. The van der Waals surface area contributed by atoms with E-state index >= 15 is 0 Å². The van der Waals surface area contributed by atoms with Crippen LogP contribution >= 0.6 is 0 Å². The molecule has 0 unspecified atom stereocenters. The van der Waals surface area contributed by atoms with Gasteiger partial charge in [0.25, 0.3) is 0 Å². The van der Waals surface area contributed by atoms with Crippen LogP contribution in [0.25, 0.3) is 116 Å². The Hall–Kier alpha value is -8.40. The fourth-order valence-electron chi connectivity index (χ4n) is 10.2. The summed E-state index contributed by atoms with van der Waals surface area (Å²) in [5.74, 6) is 0. The first kappa shape index (κ1) is 35.4. The molecule has 0 saturated carbocycles. The number of fused-ring (bicyclic) bond motifs is 9. The molecule has 0 N–H and O–H groups in total. The van der Waals surface area contributed by atoms with Gasteiger partial charge in [-0.15, -0.1) is 0 Å². The van der Waals surface area contributed by atoms with Gasteiger partial charge in [-0.2, -0.15) is 0 Å². The third kappa shape index (κ3) is 5.53. The molecule has 0 aliphatic rings. The van der Waals surface area contributed by atoms with Crippen molar-refractivity contribution in [2.45, 2.75) is 0 Å². The molecule has 0 aliphatic heterocycles. The van der Waals surface area contributed by atoms with Crippen LogP contribution in [-0.4, -0.2) is 13.7 Å². The monoisotopic (exact) mass is 801 g/mol. The molecule has 0 atom stereocenters. The van der Waals surface area contributed by atoms with Crippen LogP contribution in [-0.2, 0) is 0 Å². The van der Waals surface area contributed by atoms with Gasteiger partial charge in [0.05, 0.1) is 33.1 Å². The number of para-hydroxylation sites is 5. The third-order valence-electron chi connectivity index (χ3n) is 13.0. The van der Waals surface area contributed by atoms with Gasteiger partial charge in [-0.3, -0.25) is 0 Å². The Morgan fingerprint density at radius 3 is 1.22 bits per heavy atom. The van der Waals surface area contributed by atoms with E-state index in [2.05, 4.69) is 250 Å². The van der Waals surface area contributed by atoms with Crippen molar-refractivity contribution in [2.24, 2.45) is 0 Å². The molecule has 0 saturated heterocycles. The zero-order chi connectivity index (χ0) is 41.4. The van der Waals surface area contributed by atoms with E-state index in [1.54, 1.807) is 0 Å². The van der Waals surface area contributed by atoms with Crippen molar-refractivity contribution in [1.29, 1.82) is 0 Å². The van der Waals surface area contributed by atoms with E-state index in [0.717, 1.165) is 17.1 Å². The molecule has 13 rings (SSSR count). The van der Waals surface area contributed by atoms with Crippen LogP contribution in [0.1, 0.15) is 0 Å². The second kappa shape index (κ2) is 14.1. The number of aromatic nitrogens is 3. The van der Waals surface area contributed by atoms with E-state index in [4.69, 9.17) is 0 Å². The SMILES string of the molecule is c1ccc(-c2cccc(-n3c4ccccc4c4cc(-c5ccc6c(c5)c5ccccc5n6-c5ccccc5)cc(-c5ccc6c(c5)c5ccccc5n6-c5ccccc5)c43)c2)cc1. The van der Waals surface area contributed by atoms with Crippen LogP contribution in [0.4, 0.5) is 0 Å². The zero-order valence-electron chi connectivity index (χ0n) is 34.4. The van der Waals surface area contributed by atoms with Crippen LogP contribution in [0, 0.1) is 0 Å². The first-order chi connectivity index (χ1) is 31.3. The second-order valence-corrected chi connectivity index (χ2v) is 16.5. The third-order valence-corrected chi connectivity index (χ3v) is 13.0. The fourth-order valence-corrected chi connectivity index (χ4v) is 10.2. The lowest BCUT2D eigenvalue weighted by Crippen LogP contribution is -1.97. The normalized spacial score (nSPS) is 11.8. The lowest BCUT2D eigenvalue weighted by Gasteiger charge is -2.15. The predicted octanol–water partition coefficient (Wildman–Crippen LogP) is 16.0. The Labute approximate surface area is 364 Å². The maximum absolute atomic E-state index is 2.49. The lowest BCUT2D eigenvalue weighted by atomic mass is 9.94. The van der Waals surface area contributed by atoms with Crippen molar-refractivity contribution in [3.63, 3.8) is 0 Å². The number of rotatable bonds is 6. The fraction of sp³-hybridized carbons (Fsp3) is 0. The maximum Gasteiger partial charge on any atom is 0.0619 e. The lowest BCUT2D eigenvalue weighted by molar-refractivity contribution is 1.18. The molecule has 3 heteroatoms. The zero-order valence-corrected chi connectivity index (χ0v) is 34.4. The Morgan fingerprint density at radius 2 is 0.619 bits per heavy atom. The summed E-state index contributed by atoms with van der Waals surface area (Å²) in [7, 11) is 0. The predicted molar refractivity (Wildman–Crippen MR) is 266 cm³/mol. The summed E-state index contributed by atoms with van der Waals surface area (Å²) in [6.45, 7) is 0. The second-order valence-electron chi connectivity index (χ2n) is 16.5. The van der Waals surface area contributed by atoms with Crippen molar-refractivity contribution >= 4 is 65.4 Å². The average molecular weight is 802 g/mol. The van der Waals surface area contributed by atoms with Crippen LogP contribution in [0.5, 0.6) is 0 Å². The van der Waals surface area contributed by atoms with Crippen molar-refractivity contribution in [1.82, 2.24) is 13.7 Å². The first-order valence-electron chi connectivity index (χ1n) is 21.7. The topological polar surface area (TPSA) is 14.8 Å². The minimum Gasteiger partial charge on any atom is -0.309 e.